The van der Waals surface area contributed by atoms with Gasteiger partial charge in [-0.05, 0) is 61.2 Å². The van der Waals surface area contributed by atoms with Gasteiger partial charge in [-0.15, -0.1) is 0 Å². The normalized spacial score (nSPS) is 11.3. The summed E-state index contributed by atoms with van der Waals surface area (Å²) >= 11 is 1.83. The molecule has 1 N–H and O–H groups in total. The number of aromatic nitrogens is 1. The molecule has 27 heavy (non-hydrogen) atoms. The number of hydrogen-bond acceptors (Lipinski definition) is 4. The fraction of sp³-hybridized carbons (Fsp3) is 0.261. The van der Waals surface area contributed by atoms with Gasteiger partial charge in [0.1, 0.15) is 0 Å². The molecule has 2 aromatic carbocycles. The molecule has 0 aliphatic carbocycles. The van der Waals surface area contributed by atoms with Gasteiger partial charge in [0.05, 0.1) is 5.69 Å². The van der Waals surface area contributed by atoms with Gasteiger partial charge in [-0.1, -0.05) is 48.5 Å². The van der Waals surface area contributed by atoms with E-state index in [2.05, 4.69) is 83.1 Å². The number of rotatable bonds is 9. The summed E-state index contributed by atoms with van der Waals surface area (Å²) in [5.74, 6) is 0. The maximum Gasteiger partial charge on any atom is 0.0541 e. The van der Waals surface area contributed by atoms with Crippen LogP contribution in [0.2, 0.25) is 0 Å². The van der Waals surface area contributed by atoms with Crippen molar-refractivity contribution in [1.29, 1.82) is 0 Å². The van der Waals surface area contributed by atoms with Crippen LogP contribution in [0, 0.1) is 0 Å². The lowest BCUT2D eigenvalue weighted by atomic mass is 10.2. The van der Waals surface area contributed by atoms with Crippen molar-refractivity contribution < 1.29 is 0 Å². The molecule has 0 unspecified atom stereocenters. The molecule has 3 aromatic rings. The van der Waals surface area contributed by atoms with E-state index in [1.807, 2.05) is 36.3 Å². The predicted octanol–water partition coefficient (Wildman–Crippen LogP) is 5.29. The van der Waals surface area contributed by atoms with Gasteiger partial charge in [0.25, 0.3) is 0 Å². The highest BCUT2D eigenvalue weighted by molar-refractivity contribution is 7.97. The molecule has 0 bridgehead atoms. The molecule has 3 nitrogen and oxygen atoms in total. The van der Waals surface area contributed by atoms with Gasteiger partial charge in [-0.2, -0.15) is 0 Å². The van der Waals surface area contributed by atoms with Crippen LogP contribution in [0.25, 0.3) is 0 Å². The largest absolute Gasteiger partial charge is 0.307 e. The minimum atomic E-state index is 0.459. The minimum absolute atomic E-state index is 0.459. The second-order valence-corrected chi connectivity index (χ2v) is 7.94. The van der Waals surface area contributed by atoms with E-state index in [1.165, 1.54) is 16.0 Å². The van der Waals surface area contributed by atoms with Crippen LogP contribution in [-0.4, -0.2) is 15.3 Å². The number of benzene rings is 2. The third-order valence-corrected chi connectivity index (χ3v) is 5.49. The van der Waals surface area contributed by atoms with E-state index in [1.54, 1.807) is 0 Å². The zero-order valence-corrected chi connectivity index (χ0v) is 16.8. The highest BCUT2D eigenvalue weighted by Crippen LogP contribution is 2.27. The Balaban J connectivity index is 1.58. The van der Waals surface area contributed by atoms with Crippen LogP contribution in [0.15, 0.2) is 83.9 Å². The maximum absolute atomic E-state index is 4.35. The number of nitrogens with zero attached hydrogens (tertiary/aromatic N) is 2. The Kier molecular flexibility index (Phi) is 7.45. The van der Waals surface area contributed by atoms with Gasteiger partial charge >= 0.3 is 0 Å². The third-order valence-electron chi connectivity index (χ3n) is 4.24. The second-order valence-electron chi connectivity index (χ2n) is 6.82. The lowest BCUT2D eigenvalue weighted by Gasteiger charge is -2.25. The van der Waals surface area contributed by atoms with Crippen molar-refractivity contribution in [3.63, 3.8) is 0 Å². The summed E-state index contributed by atoms with van der Waals surface area (Å²) < 4.78 is 2.43. The van der Waals surface area contributed by atoms with Crippen LogP contribution in [0.3, 0.4) is 0 Å². The molecule has 0 fully saturated rings. The van der Waals surface area contributed by atoms with Gasteiger partial charge in [0.2, 0.25) is 0 Å². The first-order valence-corrected chi connectivity index (χ1v) is 10.2. The Bertz CT molecular complexity index is 806. The molecule has 0 amide bonds. The number of hydrogen-bond donors (Lipinski definition) is 1. The summed E-state index contributed by atoms with van der Waals surface area (Å²) in [7, 11) is 0. The van der Waals surface area contributed by atoms with Gasteiger partial charge < -0.3 is 5.32 Å². The summed E-state index contributed by atoms with van der Waals surface area (Å²) in [6.07, 6.45) is 1.83. The van der Waals surface area contributed by atoms with Crippen molar-refractivity contribution >= 4 is 11.9 Å². The molecular formula is C23H27N3S. The van der Waals surface area contributed by atoms with Gasteiger partial charge in [-0.3, -0.25) is 4.98 Å². The van der Waals surface area contributed by atoms with Crippen molar-refractivity contribution in [2.24, 2.45) is 0 Å². The van der Waals surface area contributed by atoms with Crippen LogP contribution < -0.4 is 5.32 Å². The summed E-state index contributed by atoms with van der Waals surface area (Å²) in [5.41, 5.74) is 3.70. The summed E-state index contributed by atoms with van der Waals surface area (Å²) in [6.45, 7) is 7.05. The van der Waals surface area contributed by atoms with Crippen LogP contribution in [0.4, 0.5) is 0 Å². The molecule has 3 rings (SSSR count). The van der Waals surface area contributed by atoms with E-state index < -0.39 is 0 Å². The van der Waals surface area contributed by atoms with Crippen molar-refractivity contribution in [1.82, 2.24) is 14.6 Å². The Morgan fingerprint density at radius 3 is 2.41 bits per heavy atom. The Morgan fingerprint density at radius 2 is 1.67 bits per heavy atom. The molecule has 0 spiro atoms. The molecule has 1 heterocycles. The van der Waals surface area contributed by atoms with Gasteiger partial charge in [-0.25, -0.2) is 4.31 Å². The van der Waals surface area contributed by atoms with E-state index in [-0.39, 0.29) is 0 Å². The van der Waals surface area contributed by atoms with Crippen LogP contribution >= 0.6 is 11.9 Å². The molecule has 4 heteroatoms. The SMILES string of the molecule is CC(C)N(Cc1ccccc1)Sc1cccc(CNCc2ccccn2)c1. The summed E-state index contributed by atoms with van der Waals surface area (Å²) in [5, 5.41) is 3.48. The van der Waals surface area contributed by atoms with E-state index in [4.69, 9.17) is 0 Å². The maximum atomic E-state index is 4.35. The quantitative estimate of drug-likeness (QED) is 0.513. The van der Waals surface area contributed by atoms with Crippen LogP contribution in [0.5, 0.6) is 0 Å². The lowest BCUT2D eigenvalue weighted by molar-refractivity contribution is 0.390. The molecule has 0 saturated carbocycles. The highest BCUT2D eigenvalue weighted by Gasteiger charge is 2.12. The first-order valence-electron chi connectivity index (χ1n) is 9.39. The molecule has 0 atom stereocenters. The average molecular weight is 378 g/mol. The van der Waals surface area contributed by atoms with Crippen LogP contribution in [0.1, 0.15) is 30.7 Å². The molecule has 0 radical (unpaired) electrons. The monoisotopic (exact) mass is 377 g/mol. The van der Waals surface area contributed by atoms with Gasteiger partial charge in [0.15, 0.2) is 0 Å². The average Bonchev–Trinajstić information content (AvgIpc) is 2.69. The van der Waals surface area contributed by atoms with Crippen molar-refractivity contribution in [3.8, 4) is 0 Å². The standard InChI is InChI=1S/C23H27N3S/c1-19(2)26(18-20-9-4-3-5-10-20)27-23-13-8-11-21(15-23)16-24-17-22-12-6-7-14-25-22/h3-15,19,24H,16-18H2,1-2H3. The molecule has 1 aromatic heterocycles. The third kappa shape index (κ3) is 6.51. The smallest absolute Gasteiger partial charge is 0.0541 e. The van der Waals surface area contributed by atoms with Crippen molar-refractivity contribution in [2.75, 3.05) is 0 Å². The first-order chi connectivity index (χ1) is 13.2. The first kappa shape index (κ1) is 19.6. The Labute approximate surface area is 167 Å². The number of nitrogens with one attached hydrogen (secondary N) is 1. The zero-order valence-electron chi connectivity index (χ0n) is 16.0. The molecule has 140 valence electrons. The highest BCUT2D eigenvalue weighted by atomic mass is 32.2. The summed E-state index contributed by atoms with van der Waals surface area (Å²) in [4.78, 5) is 5.63. The predicted molar refractivity (Wildman–Crippen MR) is 114 cm³/mol. The lowest BCUT2D eigenvalue weighted by Crippen LogP contribution is -2.23. The van der Waals surface area contributed by atoms with Gasteiger partial charge in [0, 0.05) is 36.8 Å². The van der Waals surface area contributed by atoms with E-state index >= 15 is 0 Å². The zero-order chi connectivity index (χ0) is 18.9. The van der Waals surface area contributed by atoms with Crippen molar-refractivity contribution in [2.45, 2.75) is 44.4 Å². The Hall–Kier alpha value is -2.14. The molecular weight excluding hydrogens is 350 g/mol. The number of pyridine rings is 1. The fourth-order valence-electron chi connectivity index (χ4n) is 2.77. The topological polar surface area (TPSA) is 28.2 Å². The van der Waals surface area contributed by atoms with E-state index in [0.717, 1.165) is 25.3 Å². The molecule has 0 saturated heterocycles. The molecule has 0 aliphatic heterocycles. The van der Waals surface area contributed by atoms with E-state index in [9.17, 15) is 0 Å². The van der Waals surface area contributed by atoms with Crippen LogP contribution in [-0.2, 0) is 19.6 Å². The minimum Gasteiger partial charge on any atom is -0.307 e. The van der Waals surface area contributed by atoms with E-state index in [0.29, 0.717) is 6.04 Å². The Morgan fingerprint density at radius 1 is 0.889 bits per heavy atom. The summed E-state index contributed by atoms with van der Waals surface area (Å²) in [6, 6.07) is 25.9. The second kappa shape index (κ2) is 10.3. The molecule has 0 aliphatic rings. The fourth-order valence-corrected chi connectivity index (χ4v) is 3.81. The van der Waals surface area contributed by atoms with Crippen molar-refractivity contribution in [3.05, 3.63) is 95.8 Å².